The number of carbonyl (C=O) groups is 1. The lowest BCUT2D eigenvalue weighted by molar-refractivity contribution is -0.121. The second-order valence-corrected chi connectivity index (χ2v) is 6.22. The number of carbonyl (C=O) groups excluding carboxylic acids is 1. The number of morpholine rings is 1. The third kappa shape index (κ3) is 5.39. The number of benzene rings is 1. The van der Waals surface area contributed by atoms with Crippen LogP contribution >= 0.6 is 0 Å². The van der Waals surface area contributed by atoms with E-state index in [-0.39, 0.29) is 24.2 Å². The van der Waals surface area contributed by atoms with Crippen molar-refractivity contribution in [1.29, 1.82) is 0 Å². The van der Waals surface area contributed by atoms with Crippen LogP contribution in [-0.4, -0.2) is 49.7 Å². The number of hydrogen-bond donors (Lipinski definition) is 1. The molecule has 1 saturated heterocycles. The molecule has 1 aliphatic rings. The van der Waals surface area contributed by atoms with Crippen LogP contribution in [0.1, 0.15) is 19.4 Å². The smallest absolute Gasteiger partial charge is 0.224 e. The van der Waals surface area contributed by atoms with Crippen LogP contribution in [0.4, 0.5) is 4.39 Å². The van der Waals surface area contributed by atoms with Gasteiger partial charge in [0.25, 0.3) is 0 Å². The van der Waals surface area contributed by atoms with E-state index >= 15 is 0 Å². The zero-order valence-corrected chi connectivity index (χ0v) is 13.3. The van der Waals surface area contributed by atoms with E-state index in [1.54, 1.807) is 18.2 Å². The minimum atomic E-state index is -0.338. The summed E-state index contributed by atoms with van der Waals surface area (Å²) in [7, 11) is 0. The van der Waals surface area contributed by atoms with Crippen LogP contribution in [0.15, 0.2) is 24.3 Å². The van der Waals surface area contributed by atoms with E-state index in [1.807, 2.05) is 0 Å². The van der Waals surface area contributed by atoms with Crippen LogP contribution in [-0.2, 0) is 16.0 Å². The normalized spacial score (nSPS) is 19.4. The van der Waals surface area contributed by atoms with Gasteiger partial charge in [-0.3, -0.25) is 9.69 Å². The minimum absolute atomic E-state index is 0.0112. The SMILES string of the molecule is CC(C)CN1CCO[C@@H](CNC(=O)Cc2ccccc2F)C1. The maximum absolute atomic E-state index is 13.5. The fraction of sp³-hybridized carbons (Fsp3) is 0.588. The summed E-state index contributed by atoms with van der Waals surface area (Å²) in [6, 6.07) is 6.36. The topological polar surface area (TPSA) is 41.6 Å². The van der Waals surface area contributed by atoms with Crippen molar-refractivity contribution < 1.29 is 13.9 Å². The van der Waals surface area contributed by atoms with E-state index < -0.39 is 0 Å². The first kappa shape index (κ1) is 16.9. The predicted octanol–water partition coefficient (Wildman–Crippen LogP) is 1.84. The van der Waals surface area contributed by atoms with Gasteiger partial charge in [-0.15, -0.1) is 0 Å². The van der Waals surface area contributed by atoms with Crippen molar-refractivity contribution in [2.75, 3.05) is 32.8 Å². The van der Waals surface area contributed by atoms with Gasteiger partial charge in [0.2, 0.25) is 5.91 Å². The number of ether oxygens (including phenoxy) is 1. The highest BCUT2D eigenvalue weighted by Gasteiger charge is 2.21. The van der Waals surface area contributed by atoms with Crippen molar-refractivity contribution in [1.82, 2.24) is 10.2 Å². The Kier molecular flexibility index (Phi) is 6.34. The van der Waals surface area contributed by atoms with E-state index in [9.17, 15) is 9.18 Å². The van der Waals surface area contributed by atoms with Crippen molar-refractivity contribution in [3.05, 3.63) is 35.6 Å². The second-order valence-electron chi connectivity index (χ2n) is 6.22. The number of hydrogen-bond acceptors (Lipinski definition) is 3. The molecule has 0 unspecified atom stereocenters. The Morgan fingerprint density at radius 1 is 1.45 bits per heavy atom. The van der Waals surface area contributed by atoms with E-state index in [4.69, 9.17) is 4.74 Å². The van der Waals surface area contributed by atoms with Crippen molar-refractivity contribution >= 4 is 5.91 Å². The molecule has 1 N–H and O–H groups in total. The first-order valence-corrected chi connectivity index (χ1v) is 7.88. The summed E-state index contributed by atoms with van der Waals surface area (Å²) in [5.41, 5.74) is 0.422. The second kappa shape index (κ2) is 8.25. The standard InChI is InChI=1S/C17H25FN2O2/c1-13(2)11-20-7-8-22-15(12-20)10-19-17(21)9-14-5-3-4-6-16(14)18/h3-6,13,15H,7-12H2,1-2H3,(H,19,21)/t15-/m0/s1. The lowest BCUT2D eigenvalue weighted by Gasteiger charge is -2.33. The van der Waals surface area contributed by atoms with Crippen LogP contribution in [0, 0.1) is 11.7 Å². The molecule has 0 spiro atoms. The Morgan fingerprint density at radius 2 is 2.23 bits per heavy atom. The quantitative estimate of drug-likeness (QED) is 0.872. The summed E-state index contributed by atoms with van der Waals surface area (Å²) in [5.74, 6) is 0.110. The van der Waals surface area contributed by atoms with E-state index in [0.717, 1.165) is 19.6 Å². The summed E-state index contributed by atoms with van der Waals surface area (Å²) in [5, 5.41) is 2.84. The highest BCUT2D eigenvalue weighted by Crippen LogP contribution is 2.09. The molecule has 22 heavy (non-hydrogen) atoms. The number of rotatable bonds is 6. The van der Waals surface area contributed by atoms with Gasteiger partial charge in [-0.1, -0.05) is 32.0 Å². The zero-order chi connectivity index (χ0) is 15.9. The molecule has 1 aromatic carbocycles. The highest BCUT2D eigenvalue weighted by molar-refractivity contribution is 5.78. The van der Waals surface area contributed by atoms with Crippen LogP contribution in [0.5, 0.6) is 0 Å². The van der Waals surface area contributed by atoms with Gasteiger partial charge in [0.05, 0.1) is 19.1 Å². The summed E-state index contributed by atoms with van der Waals surface area (Å²) in [6.07, 6.45) is 0.0758. The van der Waals surface area contributed by atoms with Gasteiger partial charge >= 0.3 is 0 Å². The number of amides is 1. The average molecular weight is 308 g/mol. The molecule has 1 aromatic rings. The van der Waals surface area contributed by atoms with Crippen LogP contribution in [0.2, 0.25) is 0 Å². The Bertz CT molecular complexity index is 493. The summed E-state index contributed by atoms with van der Waals surface area (Å²) >= 11 is 0. The Balaban J connectivity index is 1.75. The lowest BCUT2D eigenvalue weighted by atomic mass is 10.1. The van der Waals surface area contributed by atoms with Gasteiger partial charge in [-0.05, 0) is 17.5 Å². The molecule has 2 rings (SSSR count). The van der Waals surface area contributed by atoms with E-state index in [2.05, 4.69) is 24.1 Å². The monoisotopic (exact) mass is 308 g/mol. The summed E-state index contributed by atoms with van der Waals surface area (Å²) in [4.78, 5) is 14.3. The number of nitrogens with zero attached hydrogens (tertiary/aromatic N) is 1. The molecule has 1 aliphatic heterocycles. The van der Waals surface area contributed by atoms with Gasteiger partial charge in [-0.25, -0.2) is 4.39 Å². The molecular formula is C17H25FN2O2. The maximum atomic E-state index is 13.5. The molecule has 1 heterocycles. The molecule has 0 radical (unpaired) electrons. The molecule has 0 aliphatic carbocycles. The molecule has 1 fully saturated rings. The number of halogens is 1. The van der Waals surface area contributed by atoms with Crippen LogP contribution in [0.25, 0.3) is 0 Å². The predicted molar refractivity (Wildman–Crippen MR) is 84.1 cm³/mol. The third-order valence-corrected chi connectivity index (χ3v) is 3.68. The lowest BCUT2D eigenvalue weighted by Crippen LogP contribution is -2.48. The molecular weight excluding hydrogens is 283 g/mol. The summed E-state index contributed by atoms with van der Waals surface area (Å²) < 4.78 is 19.2. The van der Waals surface area contributed by atoms with Crippen LogP contribution < -0.4 is 5.32 Å². The first-order chi connectivity index (χ1) is 10.5. The van der Waals surface area contributed by atoms with Gasteiger partial charge in [0, 0.05) is 26.2 Å². The molecule has 0 saturated carbocycles. The fourth-order valence-corrected chi connectivity index (χ4v) is 2.69. The Morgan fingerprint density at radius 3 is 2.95 bits per heavy atom. The Labute approximate surface area is 131 Å². The molecule has 0 aromatic heterocycles. The van der Waals surface area contributed by atoms with Crippen molar-refractivity contribution in [3.63, 3.8) is 0 Å². The third-order valence-electron chi connectivity index (χ3n) is 3.68. The molecule has 5 heteroatoms. The molecule has 122 valence electrons. The highest BCUT2D eigenvalue weighted by atomic mass is 19.1. The fourth-order valence-electron chi connectivity index (χ4n) is 2.69. The molecule has 1 amide bonds. The largest absolute Gasteiger partial charge is 0.374 e. The van der Waals surface area contributed by atoms with Crippen LogP contribution in [0.3, 0.4) is 0 Å². The zero-order valence-electron chi connectivity index (χ0n) is 13.3. The van der Waals surface area contributed by atoms with Crippen molar-refractivity contribution in [3.8, 4) is 0 Å². The van der Waals surface area contributed by atoms with Gasteiger partial charge in [0.1, 0.15) is 5.82 Å². The Hall–Kier alpha value is -1.46. The molecule has 0 bridgehead atoms. The van der Waals surface area contributed by atoms with E-state index in [1.165, 1.54) is 6.07 Å². The van der Waals surface area contributed by atoms with E-state index in [0.29, 0.717) is 24.6 Å². The van der Waals surface area contributed by atoms with Gasteiger partial charge < -0.3 is 10.1 Å². The average Bonchev–Trinajstić information content (AvgIpc) is 2.47. The van der Waals surface area contributed by atoms with Gasteiger partial charge in [0.15, 0.2) is 0 Å². The number of nitrogens with one attached hydrogen (secondary N) is 1. The molecule has 1 atom stereocenters. The van der Waals surface area contributed by atoms with Crippen molar-refractivity contribution in [2.24, 2.45) is 5.92 Å². The maximum Gasteiger partial charge on any atom is 0.224 e. The van der Waals surface area contributed by atoms with Gasteiger partial charge in [-0.2, -0.15) is 0 Å². The van der Waals surface area contributed by atoms with Crippen molar-refractivity contribution in [2.45, 2.75) is 26.4 Å². The summed E-state index contributed by atoms with van der Waals surface area (Å²) in [6.45, 7) is 8.38. The first-order valence-electron chi connectivity index (χ1n) is 7.88. The molecule has 4 nitrogen and oxygen atoms in total. The minimum Gasteiger partial charge on any atom is -0.374 e.